The van der Waals surface area contributed by atoms with Crippen molar-refractivity contribution in [2.75, 3.05) is 37.6 Å². The topological polar surface area (TPSA) is 98.8 Å². The number of nitrogens with one attached hydrogen (secondary N) is 2. The third-order valence-electron chi connectivity index (χ3n) is 4.15. The summed E-state index contributed by atoms with van der Waals surface area (Å²) in [6.07, 6.45) is 2.69. The number of rotatable bonds is 8. The minimum atomic E-state index is -0.423. The lowest BCUT2D eigenvalue weighted by Gasteiger charge is -2.11. The average molecular weight is 385 g/mol. The van der Waals surface area contributed by atoms with Gasteiger partial charge in [0.1, 0.15) is 12.7 Å². The lowest BCUT2D eigenvalue weighted by atomic mass is 10.1. The molecule has 1 aliphatic heterocycles. The second kappa shape index (κ2) is 9.82. The van der Waals surface area contributed by atoms with Crippen molar-refractivity contribution in [3.05, 3.63) is 48.2 Å². The number of carbonyl (C=O) groups excluding carboxylic acids is 2. The predicted octanol–water partition coefficient (Wildman–Crippen LogP) is 2.48. The van der Waals surface area contributed by atoms with E-state index < -0.39 is 6.10 Å². The summed E-state index contributed by atoms with van der Waals surface area (Å²) in [4.78, 5) is 28.8. The summed E-state index contributed by atoms with van der Waals surface area (Å²) in [5.41, 5.74) is 1.51. The van der Waals surface area contributed by atoms with Gasteiger partial charge in [0.15, 0.2) is 0 Å². The summed E-state index contributed by atoms with van der Waals surface area (Å²) in [7, 11) is 1.60. The summed E-state index contributed by atoms with van der Waals surface area (Å²) < 4.78 is 15.7. The second-order valence-corrected chi connectivity index (χ2v) is 6.25. The largest absolute Gasteiger partial charge is 0.475 e. The average Bonchev–Trinajstić information content (AvgIpc) is 3.25. The highest BCUT2D eigenvalue weighted by Crippen LogP contribution is 2.18. The van der Waals surface area contributed by atoms with Gasteiger partial charge in [0.25, 0.3) is 11.8 Å². The molecule has 0 saturated carbocycles. The van der Waals surface area contributed by atoms with E-state index in [0.29, 0.717) is 49.1 Å². The van der Waals surface area contributed by atoms with Crippen LogP contribution in [0.5, 0.6) is 5.88 Å². The molecule has 148 valence electrons. The number of aromatic nitrogens is 1. The third kappa shape index (κ3) is 5.51. The molecule has 0 spiro atoms. The van der Waals surface area contributed by atoms with Crippen molar-refractivity contribution in [3.8, 4) is 5.88 Å². The highest BCUT2D eigenvalue weighted by atomic mass is 16.5. The van der Waals surface area contributed by atoms with Crippen molar-refractivity contribution >= 4 is 23.2 Å². The molecule has 8 nitrogen and oxygen atoms in total. The van der Waals surface area contributed by atoms with E-state index in [1.54, 1.807) is 43.5 Å². The zero-order valence-electron chi connectivity index (χ0n) is 15.6. The Morgan fingerprint density at radius 3 is 2.79 bits per heavy atom. The Kier molecular flexibility index (Phi) is 6.94. The fraction of sp³-hybridized carbons (Fsp3) is 0.350. The van der Waals surface area contributed by atoms with Crippen molar-refractivity contribution in [3.63, 3.8) is 0 Å². The summed E-state index contributed by atoms with van der Waals surface area (Å²) in [5.74, 6) is -0.0414. The smallest absolute Gasteiger partial charge is 0.255 e. The van der Waals surface area contributed by atoms with E-state index in [0.717, 1.165) is 6.42 Å². The second-order valence-electron chi connectivity index (χ2n) is 6.25. The first-order valence-corrected chi connectivity index (χ1v) is 9.07. The van der Waals surface area contributed by atoms with Crippen LogP contribution in [0.15, 0.2) is 42.6 Å². The number of hydrogen-bond acceptors (Lipinski definition) is 6. The van der Waals surface area contributed by atoms with Crippen molar-refractivity contribution in [1.29, 1.82) is 0 Å². The van der Waals surface area contributed by atoms with Gasteiger partial charge in [-0.2, -0.15) is 0 Å². The number of benzene rings is 1. The van der Waals surface area contributed by atoms with Crippen LogP contribution in [0.4, 0.5) is 11.4 Å². The maximum absolute atomic E-state index is 12.5. The third-order valence-corrected chi connectivity index (χ3v) is 4.15. The first-order valence-electron chi connectivity index (χ1n) is 9.07. The van der Waals surface area contributed by atoms with Gasteiger partial charge >= 0.3 is 0 Å². The van der Waals surface area contributed by atoms with Gasteiger partial charge in [0.2, 0.25) is 5.88 Å². The van der Waals surface area contributed by atoms with E-state index in [1.807, 2.05) is 0 Å². The molecule has 0 aliphatic carbocycles. The van der Waals surface area contributed by atoms with Crippen LogP contribution in [0.1, 0.15) is 23.2 Å². The van der Waals surface area contributed by atoms with Gasteiger partial charge in [0.05, 0.1) is 18.5 Å². The SMILES string of the molecule is COCCOc1ccc(NC(=O)c2cccc(NC(=O)C3CCCO3)c2)cn1. The lowest BCUT2D eigenvalue weighted by Crippen LogP contribution is -2.27. The van der Waals surface area contributed by atoms with E-state index >= 15 is 0 Å². The van der Waals surface area contributed by atoms with E-state index in [-0.39, 0.29) is 11.8 Å². The van der Waals surface area contributed by atoms with E-state index in [2.05, 4.69) is 15.6 Å². The molecule has 2 heterocycles. The van der Waals surface area contributed by atoms with Crippen LogP contribution in [0.2, 0.25) is 0 Å². The van der Waals surface area contributed by atoms with Crippen molar-refractivity contribution in [2.45, 2.75) is 18.9 Å². The minimum absolute atomic E-state index is 0.191. The maximum atomic E-state index is 12.5. The van der Waals surface area contributed by atoms with Crippen molar-refractivity contribution in [2.24, 2.45) is 0 Å². The van der Waals surface area contributed by atoms with Crippen LogP contribution in [0, 0.1) is 0 Å². The zero-order chi connectivity index (χ0) is 19.8. The lowest BCUT2D eigenvalue weighted by molar-refractivity contribution is -0.124. The molecule has 2 N–H and O–H groups in total. The molecule has 8 heteroatoms. The molecule has 1 aliphatic rings. The monoisotopic (exact) mass is 385 g/mol. The number of ether oxygens (including phenoxy) is 3. The molecule has 1 fully saturated rings. The Hall–Kier alpha value is -2.97. The quantitative estimate of drug-likeness (QED) is 0.678. The Morgan fingerprint density at radius 2 is 2.07 bits per heavy atom. The molecular weight excluding hydrogens is 362 g/mol. The van der Waals surface area contributed by atoms with Crippen molar-refractivity contribution < 1.29 is 23.8 Å². The van der Waals surface area contributed by atoms with Gasteiger partial charge in [-0.25, -0.2) is 4.98 Å². The van der Waals surface area contributed by atoms with Crippen LogP contribution in [-0.2, 0) is 14.3 Å². The fourth-order valence-corrected chi connectivity index (χ4v) is 2.72. The van der Waals surface area contributed by atoms with Gasteiger partial charge in [-0.3, -0.25) is 9.59 Å². The fourth-order valence-electron chi connectivity index (χ4n) is 2.72. The van der Waals surface area contributed by atoms with Gasteiger partial charge in [0, 0.05) is 31.0 Å². The normalized spacial score (nSPS) is 15.8. The van der Waals surface area contributed by atoms with E-state index in [4.69, 9.17) is 14.2 Å². The number of nitrogens with zero attached hydrogens (tertiary/aromatic N) is 1. The Labute approximate surface area is 163 Å². The van der Waals surface area contributed by atoms with Crippen LogP contribution < -0.4 is 15.4 Å². The summed E-state index contributed by atoms with van der Waals surface area (Å²) >= 11 is 0. The maximum Gasteiger partial charge on any atom is 0.255 e. The number of anilines is 2. The van der Waals surface area contributed by atoms with Crippen LogP contribution in [0.3, 0.4) is 0 Å². The minimum Gasteiger partial charge on any atom is -0.475 e. The Balaban J connectivity index is 1.57. The molecule has 1 aromatic heterocycles. The Morgan fingerprint density at radius 1 is 1.18 bits per heavy atom. The number of carbonyl (C=O) groups is 2. The zero-order valence-corrected chi connectivity index (χ0v) is 15.6. The standard InChI is InChI=1S/C20H23N3O5/c1-26-10-11-28-18-8-7-16(13-21-18)23-19(24)14-4-2-5-15(12-14)22-20(25)17-6-3-9-27-17/h2,4-5,7-8,12-13,17H,3,6,9-11H2,1H3,(H,22,25)(H,23,24). The van der Waals surface area contributed by atoms with Crippen LogP contribution >= 0.6 is 0 Å². The molecule has 0 radical (unpaired) electrons. The van der Waals surface area contributed by atoms with E-state index in [1.165, 1.54) is 6.20 Å². The number of amides is 2. The molecule has 2 aromatic rings. The molecule has 2 amide bonds. The van der Waals surface area contributed by atoms with E-state index in [9.17, 15) is 9.59 Å². The molecule has 1 saturated heterocycles. The van der Waals surface area contributed by atoms with Crippen molar-refractivity contribution in [1.82, 2.24) is 4.98 Å². The van der Waals surface area contributed by atoms with Gasteiger partial charge in [-0.15, -0.1) is 0 Å². The number of methoxy groups -OCH3 is 1. The first kappa shape index (κ1) is 19.8. The number of hydrogen-bond donors (Lipinski definition) is 2. The summed E-state index contributed by atoms with van der Waals surface area (Å²) in [5, 5.41) is 5.56. The van der Waals surface area contributed by atoms with Gasteiger partial charge in [-0.1, -0.05) is 6.07 Å². The number of pyridine rings is 1. The molecule has 28 heavy (non-hydrogen) atoms. The van der Waals surface area contributed by atoms with Gasteiger partial charge < -0.3 is 24.8 Å². The van der Waals surface area contributed by atoms with Crippen LogP contribution in [-0.4, -0.2) is 49.8 Å². The summed E-state index contributed by atoms with van der Waals surface area (Å²) in [6, 6.07) is 10.1. The van der Waals surface area contributed by atoms with Gasteiger partial charge in [-0.05, 0) is 37.1 Å². The predicted molar refractivity (Wildman–Crippen MR) is 104 cm³/mol. The molecule has 3 rings (SSSR count). The highest BCUT2D eigenvalue weighted by molar-refractivity contribution is 6.05. The molecular formula is C20H23N3O5. The molecule has 1 unspecified atom stereocenters. The first-order chi connectivity index (χ1) is 13.7. The molecule has 1 aromatic carbocycles. The van der Waals surface area contributed by atoms with Crippen LogP contribution in [0.25, 0.3) is 0 Å². The molecule has 1 atom stereocenters. The summed E-state index contributed by atoms with van der Waals surface area (Å²) in [6.45, 7) is 1.48. The highest BCUT2D eigenvalue weighted by Gasteiger charge is 2.23. The molecule has 0 bridgehead atoms. The Bertz CT molecular complexity index is 804.